The maximum Gasteiger partial charge on any atom is 0.166 e. The molecule has 1 aromatic rings. The Bertz CT molecular complexity index is 502. The summed E-state index contributed by atoms with van der Waals surface area (Å²) in [5.41, 5.74) is 6.85. The van der Waals surface area contributed by atoms with E-state index in [2.05, 4.69) is 17.9 Å². The molecule has 21 heavy (non-hydrogen) atoms. The van der Waals surface area contributed by atoms with Crippen LogP contribution in [0.15, 0.2) is 18.2 Å². The van der Waals surface area contributed by atoms with E-state index in [9.17, 15) is 0 Å². The number of nitrogens with zero attached hydrogens (tertiary/aromatic N) is 2. The summed E-state index contributed by atoms with van der Waals surface area (Å²) in [5, 5.41) is 0.490. The fraction of sp³-hybridized carbons (Fsp3) is 0.533. The second-order valence-electron chi connectivity index (χ2n) is 5.15. The lowest BCUT2D eigenvalue weighted by atomic mass is 10.0. The van der Waals surface area contributed by atoms with Crippen LogP contribution in [0.4, 0.5) is 0 Å². The zero-order valence-corrected chi connectivity index (χ0v) is 13.7. The topological polar surface area (TPSA) is 51.0 Å². The predicted octanol–water partition coefficient (Wildman–Crippen LogP) is 1.63. The standard InChI is InChI=1S/C15H23N3O2S/c1-11(17-6-8-18(9-7-17)15(16)21)13-5-4-12(19-2)10-14(13)20-3/h4-5,10-11H,6-9H2,1-3H3,(H2,16,21)/t11-/m0/s1. The van der Waals surface area contributed by atoms with Crippen LogP contribution in [0.25, 0.3) is 0 Å². The molecule has 1 fully saturated rings. The third-order valence-electron chi connectivity index (χ3n) is 4.06. The molecule has 1 aromatic carbocycles. The zero-order chi connectivity index (χ0) is 15.4. The van der Waals surface area contributed by atoms with E-state index < -0.39 is 0 Å². The van der Waals surface area contributed by atoms with Crippen molar-refractivity contribution >= 4 is 17.3 Å². The average Bonchev–Trinajstić information content (AvgIpc) is 2.53. The summed E-state index contributed by atoms with van der Waals surface area (Å²) in [5.74, 6) is 1.67. The number of methoxy groups -OCH3 is 2. The van der Waals surface area contributed by atoms with Gasteiger partial charge in [0, 0.05) is 43.9 Å². The summed E-state index contributed by atoms with van der Waals surface area (Å²) in [6.45, 7) is 5.82. The Morgan fingerprint density at radius 2 is 1.86 bits per heavy atom. The largest absolute Gasteiger partial charge is 0.497 e. The second kappa shape index (κ2) is 6.95. The van der Waals surface area contributed by atoms with Gasteiger partial charge in [0.2, 0.25) is 0 Å². The molecule has 0 radical (unpaired) electrons. The van der Waals surface area contributed by atoms with E-state index in [0.29, 0.717) is 5.11 Å². The molecule has 2 N–H and O–H groups in total. The predicted molar refractivity (Wildman–Crippen MR) is 87.9 cm³/mol. The van der Waals surface area contributed by atoms with Crippen LogP contribution in [0, 0.1) is 0 Å². The van der Waals surface area contributed by atoms with Crippen LogP contribution in [0.5, 0.6) is 11.5 Å². The molecule has 1 saturated heterocycles. The molecular weight excluding hydrogens is 286 g/mol. The summed E-state index contributed by atoms with van der Waals surface area (Å²) in [4.78, 5) is 4.46. The highest BCUT2D eigenvalue weighted by Crippen LogP contribution is 2.32. The van der Waals surface area contributed by atoms with Gasteiger partial charge in [-0.15, -0.1) is 0 Å². The number of ether oxygens (including phenoxy) is 2. The minimum atomic E-state index is 0.277. The van der Waals surface area contributed by atoms with Gasteiger partial charge in [-0.3, -0.25) is 4.90 Å². The smallest absolute Gasteiger partial charge is 0.166 e. The highest BCUT2D eigenvalue weighted by atomic mass is 32.1. The van der Waals surface area contributed by atoms with Gasteiger partial charge < -0.3 is 20.1 Å². The monoisotopic (exact) mass is 309 g/mol. The zero-order valence-electron chi connectivity index (χ0n) is 12.8. The summed E-state index contributed by atoms with van der Waals surface area (Å²) in [7, 11) is 3.35. The number of hydrogen-bond donors (Lipinski definition) is 1. The van der Waals surface area contributed by atoms with Crippen molar-refractivity contribution < 1.29 is 9.47 Å². The highest BCUT2D eigenvalue weighted by Gasteiger charge is 2.24. The quantitative estimate of drug-likeness (QED) is 0.853. The lowest BCUT2D eigenvalue weighted by Crippen LogP contribution is -2.50. The minimum Gasteiger partial charge on any atom is -0.497 e. The molecule has 1 aliphatic heterocycles. The second-order valence-corrected chi connectivity index (χ2v) is 5.56. The fourth-order valence-corrected chi connectivity index (χ4v) is 2.87. The van der Waals surface area contributed by atoms with Gasteiger partial charge in [-0.1, -0.05) is 6.07 Å². The molecule has 0 bridgehead atoms. The first-order valence-electron chi connectivity index (χ1n) is 7.07. The Balaban J connectivity index is 2.10. The minimum absolute atomic E-state index is 0.277. The van der Waals surface area contributed by atoms with Crippen molar-refractivity contribution in [2.75, 3.05) is 40.4 Å². The van der Waals surface area contributed by atoms with Gasteiger partial charge in [0.15, 0.2) is 5.11 Å². The van der Waals surface area contributed by atoms with E-state index in [4.69, 9.17) is 27.4 Å². The molecule has 116 valence electrons. The van der Waals surface area contributed by atoms with Crippen molar-refractivity contribution in [1.29, 1.82) is 0 Å². The number of rotatable bonds is 4. The summed E-state index contributed by atoms with van der Waals surface area (Å²) < 4.78 is 10.8. The van der Waals surface area contributed by atoms with Gasteiger partial charge >= 0.3 is 0 Å². The molecule has 0 unspecified atom stereocenters. The Labute approximate surface area is 131 Å². The first-order valence-corrected chi connectivity index (χ1v) is 7.48. The maximum atomic E-state index is 5.68. The van der Waals surface area contributed by atoms with Crippen LogP contribution in [-0.4, -0.2) is 55.3 Å². The van der Waals surface area contributed by atoms with E-state index in [0.717, 1.165) is 37.7 Å². The van der Waals surface area contributed by atoms with E-state index >= 15 is 0 Å². The van der Waals surface area contributed by atoms with Crippen molar-refractivity contribution in [3.63, 3.8) is 0 Å². The summed E-state index contributed by atoms with van der Waals surface area (Å²) >= 11 is 5.03. The fourth-order valence-electron chi connectivity index (χ4n) is 2.69. The number of nitrogens with two attached hydrogens (primary N) is 1. The molecule has 0 amide bonds. The molecular formula is C15H23N3O2S. The molecule has 0 aromatic heterocycles. The molecule has 6 heteroatoms. The Hall–Kier alpha value is -1.53. The normalized spacial score (nSPS) is 17.4. The Morgan fingerprint density at radius 1 is 1.19 bits per heavy atom. The maximum absolute atomic E-state index is 5.68. The molecule has 0 aliphatic carbocycles. The van der Waals surface area contributed by atoms with Gasteiger partial charge in [-0.25, -0.2) is 0 Å². The van der Waals surface area contributed by atoms with E-state index in [1.54, 1.807) is 14.2 Å². The van der Waals surface area contributed by atoms with E-state index in [-0.39, 0.29) is 6.04 Å². The Kier molecular flexibility index (Phi) is 5.25. The third-order valence-corrected chi connectivity index (χ3v) is 4.32. The molecule has 0 saturated carbocycles. The van der Waals surface area contributed by atoms with Gasteiger partial charge in [0.25, 0.3) is 0 Å². The van der Waals surface area contributed by atoms with Crippen molar-refractivity contribution in [3.05, 3.63) is 23.8 Å². The van der Waals surface area contributed by atoms with Crippen LogP contribution >= 0.6 is 12.2 Å². The summed E-state index contributed by atoms with van der Waals surface area (Å²) in [6, 6.07) is 6.25. The highest BCUT2D eigenvalue weighted by molar-refractivity contribution is 7.80. The molecule has 2 rings (SSSR count). The molecule has 0 spiro atoms. The number of piperazine rings is 1. The summed E-state index contributed by atoms with van der Waals surface area (Å²) in [6.07, 6.45) is 0. The molecule has 1 heterocycles. The van der Waals surface area contributed by atoms with Crippen molar-refractivity contribution in [2.45, 2.75) is 13.0 Å². The number of benzene rings is 1. The van der Waals surface area contributed by atoms with Gasteiger partial charge in [-0.2, -0.15) is 0 Å². The van der Waals surface area contributed by atoms with Gasteiger partial charge in [-0.05, 0) is 25.2 Å². The van der Waals surface area contributed by atoms with Crippen molar-refractivity contribution in [1.82, 2.24) is 9.80 Å². The van der Waals surface area contributed by atoms with Crippen LogP contribution < -0.4 is 15.2 Å². The third kappa shape index (κ3) is 3.57. The molecule has 5 nitrogen and oxygen atoms in total. The van der Waals surface area contributed by atoms with Gasteiger partial charge in [0.05, 0.1) is 14.2 Å². The molecule has 1 atom stereocenters. The first-order chi connectivity index (χ1) is 10.1. The molecule has 1 aliphatic rings. The van der Waals surface area contributed by atoms with Crippen molar-refractivity contribution in [3.8, 4) is 11.5 Å². The van der Waals surface area contributed by atoms with Gasteiger partial charge in [0.1, 0.15) is 11.5 Å². The number of hydrogen-bond acceptors (Lipinski definition) is 4. The van der Waals surface area contributed by atoms with Crippen LogP contribution in [0.1, 0.15) is 18.5 Å². The van der Waals surface area contributed by atoms with Crippen LogP contribution in [0.2, 0.25) is 0 Å². The van der Waals surface area contributed by atoms with E-state index in [1.165, 1.54) is 5.56 Å². The number of thiocarbonyl (C=S) groups is 1. The van der Waals surface area contributed by atoms with E-state index in [1.807, 2.05) is 17.0 Å². The average molecular weight is 309 g/mol. The van der Waals surface area contributed by atoms with Crippen molar-refractivity contribution in [2.24, 2.45) is 5.73 Å². The first kappa shape index (κ1) is 15.9. The SMILES string of the molecule is COc1ccc([C@H](C)N2CCN(C(N)=S)CC2)c(OC)c1. The lowest BCUT2D eigenvalue weighted by Gasteiger charge is -2.38. The Morgan fingerprint density at radius 3 is 2.38 bits per heavy atom. The van der Waals surface area contributed by atoms with Crippen LogP contribution in [0.3, 0.4) is 0 Å². The lowest BCUT2D eigenvalue weighted by molar-refractivity contribution is 0.139. The van der Waals surface area contributed by atoms with Crippen LogP contribution in [-0.2, 0) is 0 Å².